The van der Waals surface area contributed by atoms with Crippen LogP contribution in [-0.4, -0.2) is 40.1 Å². The number of amides is 3. The highest BCUT2D eigenvalue weighted by atomic mass is 79.9. The van der Waals surface area contributed by atoms with Gasteiger partial charge in [0.2, 0.25) is 17.7 Å². The molecule has 1 saturated heterocycles. The van der Waals surface area contributed by atoms with E-state index >= 15 is 0 Å². The molecule has 3 aromatic carbocycles. The molecule has 0 unspecified atom stereocenters. The van der Waals surface area contributed by atoms with Crippen LogP contribution in [0.2, 0.25) is 0 Å². The van der Waals surface area contributed by atoms with Gasteiger partial charge < -0.3 is 10.1 Å². The van der Waals surface area contributed by atoms with Crippen molar-refractivity contribution in [3.05, 3.63) is 109 Å². The molecule has 1 aromatic heterocycles. The van der Waals surface area contributed by atoms with Gasteiger partial charge in [0.05, 0.1) is 34.4 Å². The topological polar surface area (TPSA) is 115 Å². The third kappa shape index (κ3) is 6.26. The number of carbonyl (C=O) groups is 4. The van der Waals surface area contributed by atoms with Crippen LogP contribution in [0.5, 0.6) is 0 Å². The van der Waals surface area contributed by atoms with Crippen LogP contribution >= 0.6 is 39.0 Å². The van der Waals surface area contributed by atoms with Crippen molar-refractivity contribution < 1.29 is 37.1 Å². The number of nitrogens with one attached hydrogen (secondary N) is 1. The Kier molecular flexibility index (Phi) is 8.89. The van der Waals surface area contributed by atoms with Crippen LogP contribution in [0.3, 0.4) is 0 Å². The average Bonchev–Trinajstić information content (AvgIpc) is 3.47. The zero-order valence-corrected chi connectivity index (χ0v) is 27.5. The smallest absolute Gasteiger partial charge is 0.416 e. The number of carbonyl (C=O) groups excluding carboxylic acids is 4. The fourth-order valence-corrected chi connectivity index (χ4v) is 8.65. The molecule has 0 aliphatic carbocycles. The highest BCUT2D eigenvalue weighted by molar-refractivity contribution is 9.10. The summed E-state index contributed by atoms with van der Waals surface area (Å²) in [4.78, 5) is 67.0. The van der Waals surface area contributed by atoms with E-state index in [2.05, 4.69) is 21.2 Å². The number of thiazole rings is 1. The molecule has 2 aliphatic rings. The van der Waals surface area contributed by atoms with Crippen molar-refractivity contribution in [3.8, 4) is 0 Å². The molecule has 6 rings (SSSR count). The number of hydrogen-bond donors (Lipinski definition) is 1. The Morgan fingerprint density at radius 1 is 0.979 bits per heavy atom. The van der Waals surface area contributed by atoms with Gasteiger partial charge in [-0.05, 0) is 67.1 Å². The molecule has 9 nitrogen and oxygen atoms in total. The maximum Gasteiger partial charge on any atom is 0.416 e. The van der Waals surface area contributed by atoms with E-state index in [9.17, 15) is 37.1 Å². The first-order valence-electron chi connectivity index (χ1n) is 14.1. The van der Waals surface area contributed by atoms with E-state index in [1.807, 2.05) is 0 Å². The molecule has 3 heterocycles. The van der Waals surface area contributed by atoms with Crippen LogP contribution in [0.4, 0.5) is 24.5 Å². The van der Waals surface area contributed by atoms with E-state index in [0.717, 1.165) is 50.7 Å². The molecule has 1 N–H and O–H groups in total. The molecule has 0 bridgehead atoms. The van der Waals surface area contributed by atoms with Crippen LogP contribution in [0.25, 0.3) is 0 Å². The number of hydrogen-bond acceptors (Lipinski definition) is 8. The van der Waals surface area contributed by atoms with Gasteiger partial charge in [-0.2, -0.15) is 13.2 Å². The maximum atomic E-state index is 14.0. The van der Waals surface area contributed by atoms with Crippen molar-refractivity contribution in [2.75, 3.05) is 16.8 Å². The highest BCUT2D eigenvalue weighted by Gasteiger charge is 2.57. The highest BCUT2D eigenvalue weighted by Crippen LogP contribution is 2.54. The van der Waals surface area contributed by atoms with E-state index in [4.69, 9.17) is 4.74 Å². The van der Waals surface area contributed by atoms with Gasteiger partial charge in [-0.25, -0.2) is 9.69 Å². The SMILES string of the molecule is CCOC(=O)c1ccc(NC(=O)Cn2c3c(sc2=O)[C@@H](c2ccc(Br)cc2)[C@@H]2C(=O)N(c4cccc(C(F)(F)F)c4)C(=O)[C@@H]2S3)cc1. The minimum Gasteiger partial charge on any atom is -0.462 e. The molecule has 0 saturated carbocycles. The first-order chi connectivity index (χ1) is 22.4. The number of rotatable bonds is 7. The Bertz CT molecular complexity index is 1960. The Labute approximate surface area is 281 Å². The fraction of sp³-hybridized carbons (Fsp3) is 0.219. The predicted octanol–water partition coefficient (Wildman–Crippen LogP) is 6.30. The Hall–Kier alpha value is -4.21. The van der Waals surface area contributed by atoms with Gasteiger partial charge in [-0.1, -0.05) is 57.2 Å². The molecule has 15 heteroatoms. The molecule has 242 valence electrons. The minimum absolute atomic E-state index is 0.200. The molecule has 0 radical (unpaired) electrons. The van der Waals surface area contributed by atoms with E-state index in [0.29, 0.717) is 26.7 Å². The average molecular weight is 747 g/mol. The second-order valence-corrected chi connectivity index (χ2v) is 13.7. The summed E-state index contributed by atoms with van der Waals surface area (Å²) in [5.41, 5.74) is 0.0868. The second-order valence-electron chi connectivity index (χ2n) is 10.6. The third-order valence-electron chi connectivity index (χ3n) is 7.69. The van der Waals surface area contributed by atoms with Crippen LogP contribution < -0.4 is 15.1 Å². The number of anilines is 2. The molecule has 1 fully saturated rings. The Morgan fingerprint density at radius 3 is 2.34 bits per heavy atom. The van der Waals surface area contributed by atoms with Crippen molar-refractivity contribution in [2.45, 2.75) is 35.8 Å². The molecule has 4 aromatic rings. The number of benzene rings is 3. The Balaban J connectivity index is 1.34. The van der Waals surface area contributed by atoms with Crippen LogP contribution in [0.1, 0.15) is 39.2 Å². The molecule has 3 atom stereocenters. The number of alkyl halides is 3. The third-order valence-corrected chi connectivity index (χ3v) is 10.8. The number of aromatic nitrogens is 1. The quantitative estimate of drug-likeness (QED) is 0.174. The van der Waals surface area contributed by atoms with Gasteiger partial charge >= 0.3 is 17.0 Å². The lowest BCUT2D eigenvalue weighted by molar-refractivity contribution is -0.137. The molecule has 2 aliphatic heterocycles. The number of fused-ring (bicyclic) bond motifs is 2. The van der Waals surface area contributed by atoms with Crippen molar-refractivity contribution >= 4 is 74.1 Å². The van der Waals surface area contributed by atoms with Crippen LogP contribution in [0, 0.1) is 5.92 Å². The molecule has 3 amide bonds. The van der Waals surface area contributed by atoms with Gasteiger partial charge in [0.25, 0.3) is 0 Å². The maximum absolute atomic E-state index is 14.0. The number of nitrogens with zero attached hydrogens (tertiary/aromatic N) is 2. The summed E-state index contributed by atoms with van der Waals surface area (Å²) in [5.74, 6) is -4.26. The number of imide groups is 1. The molecule has 47 heavy (non-hydrogen) atoms. The van der Waals surface area contributed by atoms with E-state index in [-0.39, 0.29) is 12.3 Å². The van der Waals surface area contributed by atoms with Crippen LogP contribution in [0.15, 0.2) is 87.1 Å². The van der Waals surface area contributed by atoms with E-state index in [1.54, 1.807) is 31.2 Å². The number of ether oxygens (including phenoxy) is 1. The van der Waals surface area contributed by atoms with Crippen LogP contribution in [-0.2, 0) is 31.8 Å². The first-order valence-corrected chi connectivity index (χ1v) is 16.6. The van der Waals surface area contributed by atoms with Gasteiger partial charge in [0, 0.05) is 21.0 Å². The van der Waals surface area contributed by atoms with Crippen molar-refractivity contribution in [1.82, 2.24) is 4.57 Å². The standard InChI is InChI=1S/C32H23BrF3N3O6S2/c1-2-45-30(43)17-8-12-20(13-9-17)37-22(40)15-38-29-26(47-31(38)44)23(16-6-10-19(33)11-7-16)24-25(46-29)28(42)39(27(24)41)21-5-3-4-18(14-21)32(34,35)36/h3-14,23-25H,2,15H2,1H3,(H,37,40)/t23-,24-,25+/m0/s1. The molecular weight excluding hydrogens is 723 g/mol. The zero-order chi connectivity index (χ0) is 33.6. The fourth-order valence-electron chi connectivity index (χ4n) is 5.61. The number of esters is 1. The van der Waals surface area contributed by atoms with E-state index in [1.165, 1.54) is 34.9 Å². The predicted molar refractivity (Wildman–Crippen MR) is 173 cm³/mol. The first kappa shape index (κ1) is 32.7. The van der Waals surface area contributed by atoms with Gasteiger partial charge in [-0.3, -0.25) is 23.7 Å². The lowest BCUT2D eigenvalue weighted by Gasteiger charge is -2.30. The van der Waals surface area contributed by atoms with Crippen molar-refractivity contribution in [3.63, 3.8) is 0 Å². The van der Waals surface area contributed by atoms with Crippen molar-refractivity contribution in [1.29, 1.82) is 0 Å². The molecule has 0 spiro atoms. The molecular formula is C32H23BrF3N3O6S2. The summed E-state index contributed by atoms with van der Waals surface area (Å²) in [6.45, 7) is 1.48. The Morgan fingerprint density at radius 2 is 1.68 bits per heavy atom. The minimum atomic E-state index is -4.69. The zero-order valence-electron chi connectivity index (χ0n) is 24.2. The van der Waals surface area contributed by atoms with E-state index < -0.39 is 63.9 Å². The van der Waals surface area contributed by atoms with Gasteiger partial charge in [0.1, 0.15) is 11.8 Å². The summed E-state index contributed by atoms with van der Waals surface area (Å²) >= 11 is 5.19. The normalized spacial score (nSPS) is 18.9. The monoisotopic (exact) mass is 745 g/mol. The summed E-state index contributed by atoms with van der Waals surface area (Å²) in [7, 11) is 0. The summed E-state index contributed by atoms with van der Waals surface area (Å²) < 4.78 is 47.5. The van der Waals surface area contributed by atoms with Crippen molar-refractivity contribution in [2.24, 2.45) is 5.92 Å². The lowest BCUT2D eigenvalue weighted by Crippen LogP contribution is -2.33. The van der Waals surface area contributed by atoms with Gasteiger partial charge in [-0.15, -0.1) is 0 Å². The lowest BCUT2D eigenvalue weighted by atomic mass is 9.83. The largest absolute Gasteiger partial charge is 0.462 e. The summed E-state index contributed by atoms with van der Waals surface area (Å²) in [6.07, 6.45) is -4.69. The summed E-state index contributed by atoms with van der Waals surface area (Å²) in [6, 6.07) is 17.0. The summed E-state index contributed by atoms with van der Waals surface area (Å²) in [5, 5.41) is 1.94. The van der Waals surface area contributed by atoms with Gasteiger partial charge in [0.15, 0.2) is 0 Å². The second kappa shape index (κ2) is 12.8. The number of thioether (sulfide) groups is 1. The number of halogens is 4.